The largest absolute Gasteiger partial charge is 0.330 e. The minimum absolute atomic E-state index is 0.203. The molecule has 2 aromatic rings. The molecule has 0 radical (unpaired) electrons. The molecule has 0 heterocycles. The Morgan fingerprint density at radius 1 is 0.895 bits per heavy atom. The van der Waals surface area contributed by atoms with E-state index in [-0.39, 0.29) is 5.82 Å². The van der Waals surface area contributed by atoms with Crippen LogP contribution in [0.5, 0.6) is 0 Å². The van der Waals surface area contributed by atoms with Gasteiger partial charge in [-0.2, -0.15) is 0 Å². The molecule has 0 saturated carbocycles. The third kappa shape index (κ3) is 4.34. The second-order valence-corrected chi connectivity index (χ2v) is 5.20. The molecule has 0 aliphatic carbocycles. The highest BCUT2D eigenvalue weighted by molar-refractivity contribution is 6.30. The van der Waals surface area contributed by atoms with Crippen LogP contribution in [0.3, 0.4) is 0 Å². The van der Waals surface area contributed by atoms with Crippen LogP contribution in [-0.2, 0) is 12.8 Å². The van der Waals surface area contributed by atoms with Crippen molar-refractivity contribution in [2.75, 3.05) is 6.54 Å². The fourth-order valence-electron chi connectivity index (χ4n) is 2.15. The molecule has 0 spiro atoms. The molecule has 0 aliphatic rings. The molecular formula is C16H17ClFN. The molecule has 0 fully saturated rings. The van der Waals surface area contributed by atoms with Crippen LogP contribution in [0.15, 0.2) is 48.5 Å². The molecule has 0 saturated heterocycles. The van der Waals surface area contributed by atoms with E-state index in [4.69, 9.17) is 17.3 Å². The SMILES string of the molecule is NCC(Cc1ccc(F)cc1)Cc1ccc(Cl)cc1. The first kappa shape index (κ1) is 14.0. The first-order valence-corrected chi connectivity index (χ1v) is 6.74. The van der Waals surface area contributed by atoms with Gasteiger partial charge >= 0.3 is 0 Å². The second kappa shape index (κ2) is 6.69. The van der Waals surface area contributed by atoms with E-state index in [0.717, 1.165) is 23.4 Å². The Morgan fingerprint density at radius 3 is 1.84 bits per heavy atom. The van der Waals surface area contributed by atoms with Crippen molar-refractivity contribution in [1.82, 2.24) is 0 Å². The first-order chi connectivity index (χ1) is 9.17. The van der Waals surface area contributed by atoms with Gasteiger partial charge in [0, 0.05) is 5.02 Å². The van der Waals surface area contributed by atoms with Gasteiger partial charge in [-0.3, -0.25) is 0 Å². The number of halogens is 2. The van der Waals surface area contributed by atoms with Crippen molar-refractivity contribution in [2.45, 2.75) is 12.8 Å². The fourth-order valence-corrected chi connectivity index (χ4v) is 2.27. The predicted octanol–water partition coefficient (Wildman–Crippen LogP) is 3.84. The molecule has 2 aromatic carbocycles. The van der Waals surface area contributed by atoms with Crippen molar-refractivity contribution in [2.24, 2.45) is 11.7 Å². The van der Waals surface area contributed by atoms with Gasteiger partial charge < -0.3 is 5.73 Å². The molecule has 100 valence electrons. The van der Waals surface area contributed by atoms with E-state index in [9.17, 15) is 4.39 Å². The predicted molar refractivity (Wildman–Crippen MR) is 77.8 cm³/mol. The number of hydrogen-bond donors (Lipinski definition) is 1. The highest BCUT2D eigenvalue weighted by atomic mass is 35.5. The Morgan fingerprint density at radius 2 is 1.37 bits per heavy atom. The topological polar surface area (TPSA) is 26.0 Å². The maximum atomic E-state index is 12.9. The average molecular weight is 278 g/mol. The maximum absolute atomic E-state index is 12.9. The van der Waals surface area contributed by atoms with Gasteiger partial charge in [0.05, 0.1) is 0 Å². The van der Waals surface area contributed by atoms with E-state index in [1.165, 1.54) is 17.7 Å². The van der Waals surface area contributed by atoms with Crippen LogP contribution in [0.25, 0.3) is 0 Å². The summed E-state index contributed by atoms with van der Waals surface area (Å²) in [5.74, 6) is 0.150. The van der Waals surface area contributed by atoms with Gasteiger partial charge in [0.1, 0.15) is 5.82 Å². The lowest BCUT2D eigenvalue weighted by molar-refractivity contribution is 0.532. The monoisotopic (exact) mass is 277 g/mol. The van der Waals surface area contributed by atoms with Crippen LogP contribution >= 0.6 is 11.6 Å². The van der Waals surface area contributed by atoms with Crippen molar-refractivity contribution < 1.29 is 4.39 Å². The standard InChI is InChI=1S/C16H17ClFN/c17-15-5-1-12(2-6-15)9-14(11-19)10-13-3-7-16(18)8-4-13/h1-8,14H,9-11,19H2. The minimum Gasteiger partial charge on any atom is -0.330 e. The number of rotatable bonds is 5. The van der Waals surface area contributed by atoms with Crippen molar-refractivity contribution >= 4 is 11.6 Å². The smallest absolute Gasteiger partial charge is 0.123 e. The number of benzene rings is 2. The quantitative estimate of drug-likeness (QED) is 0.883. The van der Waals surface area contributed by atoms with E-state index in [1.807, 2.05) is 36.4 Å². The first-order valence-electron chi connectivity index (χ1n) is 6.36. The summed E-state index contributed by atoms with van der Waals surface area (Å²) >= 11 is 5.87. The number of nitrogens with two attached hydrogens (primary N) is 1. The van der Waals surface area contributed by atoms with Crippen molar-refractivity contribution in [3.05, 3.63) is 70.5 Å². The van der Waals surface area contributed by atoms with E-state index in [0.29, 0.717) is 12.5 Å². The molecule has 2 N–H and O–H groups in total. The summed E-state index contributed by atoms with van der Waals surface area (Å²) in [7, 11) is 0. The second-order valence-electron chi connectivity index (χ2n) is 4.76. The van der Waals surface area contributed by atoms with E-state index in [1.54, 1.807) is 0 Å². The Bertz CT molecular complexity index is 460. The highest BCUT2D eigenvalue weighted by Gasteiger charge is 2.09. The van der Waals surface area contributed by atoms with Gasteiger partial charge in [-0.05, 0) is 60.7 Å². The van der Waals surface area contributed by atoms with Crippen molar-refractivity contribution in [3.8, 4) is 0 Å². The van der Waals surface area contributed by atoms with E-state index < -0.39 is 0 Å². The van der Waals surface area contributed by atoms with Crippen LogP contribution in [-0.4, -0.2) is 6.54 Å². The van der Waals surface area contributed by atoms with Gasteiger partial charge in [0.15, 0.2) is 0 Å². The third-order valence-electron chi connectivity index (χ3n) is 3.21. The van der Waals surface area contributed by atoms with Crippen molar-refractivity contribution in [3.63, 3.8) is 0 Å². The van der Waals surface area contributed by atoms with Crippen LogP contribution in [0.2, 0.25) is 5.02 Å². The fraction of sp³-hybridized carbons (Fsp3) is 0.250. The zero-order valence-electron chi connectivity index (χ0n) is 10.7. The molecule has 3 heteroatoms. The van der Waals surface area contributed by atoms with Crippen LogP contribution < -0.4 is 5.73 Å². The molecule has 0 bridgehead atoms. The molecule has 1 unspecified atom stereocenters. The molecule has 0 amide bonds. The molecule has 1 atom stereocenters. The Balaban J connectivity index is 2.00. The Kier molecular flexibility index (Phi) is 4.94. The highest BCUT2D eigenvalue weighted by Crippen LogP contribution is 2.16. The molecular weight excluding hydrogens is 261 g/mol. The van der Waals surface area contributed by atoms with Crippen molar-refractivity contribution in [1.29, 1.82) is 0 Å². The lowest BCUT2D eigenvalue weighted by Crippen LogP contribution is -2.19. The van der Waals surface area contributed by atoms with Crippen LogP contribution in [0.1, 0.15) is 11.1 Å². The Hall–Kier alpha value is -1.38. The number of hydrogen-bond acceptors (Lipinski definition) is 1. The van der Waals surface area contributed by atoms with Crippen LogP contribution in [0.4, 0.5) is 4.39 Å². The minimum atomic E-state index is -0.203. The van der Waals surface area contributed by atoms with E-state index >= 15 is 0 Å². The van der Waals surface area contributed by atoms with Gasteiger partial charge in [-0.1, -0.05) is 35.9 Å². The Labute approximate surface area is 118 Å². The lowest BCUT2D eigenvalue weighted by Gasteiger charge is -2.15. The van der Waals surface area contributed by atoms with Gasteiger partial charge in [-0.25, -0.2) is 4.39 Å². The third-order valence-corrected chi connectivity index (χ3v) is 3.46. The molecule has 2 rings (SSSR count). The summed E-state index contributed by atoms with van der Waals surface area (Å²) in [6, 6.07) is 14.5. The van der Waals surface area contributed by atoms with Gasteiger partial charge in [0.2, 0.25) is 0 Å². The van der Waals surface area contributed by atoms with Gasteiger partial charge in [0.25, 0.3) is 0 Å². The maximum Gasteiger partial charge on any atom is 0.123 e. The molecule has 0 aliphatic heterocycles. The average Bonchev–Trinajstić information content (AvgIpc) is 2.43. The van der Waals surface area contributed by atoms with E-state index in [2.05, 4.69) is 0 Å². The summed E-state index contributed by atoms with van der Waals surface area (Å²) < 4.78 is 12.9. The summed E-state index contributed by atoms with van der Waals surface area (Å²) in [5, 5.41) is 0.742. The summed E-state index contributed by atoms with van der Waals surface area (Å²) in [4.78, 5) is 0. The summed E-state index contributed by atoms with van der Waals surface area (Å²) in [5.41, 5.74) is 8.17. The normalized spacial score (nSPS) is 12.4. The summed E-state index contributed by atoms with van der Waals surface area (Å²) in [6.07, 6.45) is 1.77. The zero-order chi connectivity index (χ0) is 13.7. The zero-order valence-corrected chi connectivity index (χ0v) is 11.4. The molecule has 0 aromatic heterocycles. The lowest BCUT2D eigenvalue weighted by atomic mass is 9.93. The summed E-state index contributed by atoms with van der Waals surface area (Å²) in [6.45, 7) is 0.611. The van der Waals surface area contributed by atoms with Gasteiger partial charge in [-0.15, -0.1) is 0 Å². The molecule has 19 heavy (non-hydrogen) atoms. The molecule has 1 nitrogen and oxygen atoms in total. The van der Waals surface area contributed by atoms with Crippen LogP contribution in [0, 0.1) is 11.7 Å².